The second-order valence-electron chi connectivity index (χ2n) is 4.93. The smallest absolute Gasteiger partial charge is 0.171 e. The average Bonchev–Trinajstić information content (AvgIpc) is 2.64. The van der Waals surface area contributed by atoms with Crippen LogP contribution in [0.25, 0.3) is 0 Å². The van der Waals surface area contributed by atoms with Crippen molar-refractivity contribution in [2.75, 3.05) is 13.2 Å². The Balaban J connectivity index is 2.10. The topological polar surface area (TPSA) is 79.2 Å². The van der Waals surface area contributed by atoms with Gasteiger partial charge < -0.3 is 24.8 Å². The van der Waals surface area contributed by atoms with Crippen LogP contribution < -0.4 is 0 Å². The maximum Gasteiger partial charge on any atom is 0.171 e. The minimum absolute atomic E-state index is 0.228. The standard InChI is InChI=1S/C11H20O5/c1-8(12)9(13)10(14)3-2-4-11(7-10)15-5-6-16-11/h8-9,12-14H,2-7H2,1H3. The minimum Gasteiger partial charge on any atom is -0.391 e. The van der Waals surface area contributed by atoms with Crippen molar-refractivity contribution in [3.63, 3.8) is 0 Å². The molecule has 5 heteroatoms. The molecule has 0 aromatic heterocycles. The van der Waals surface area contributed by atoms with Crippen molar-refractivity contribution in [1.29, 1.82) is 0 Å². The zero-order valence-corrected chi connectivity index (χ0v) is 9.56. The fourth-order valence-electron chi connectivity index (χ4n) is 2.75. The number of hydrogen-bond acceptors (Lipinski definition) is 5. The van der Waals surface area contributed by atoms with Crippen molar-refractivity contribution in [3.8, 4) is 0 Å². The first-order valence-corrected chi connectivity index (χ1v) is 5.84. The molecule has 2 rings (SSSR count). The van der Waals surface area contributed by atoms with Crippen molar-refractivity contribution in [2.45, 2.75) is 56.2 Å². The molecule has 1 spiro atoms. The molecule has 0 aromatic rings. The summed E-state index contributed by atoms with van der Waals surface area (Å²) >= 11 is 0. The molecule has 1 saturated carbocycles. The number of ether oxygens (including phenoxy) is 2. The second kappa shape index (κ2) is 4.23. The molecule has 5 nitrogen and oxygen atoms in total. The molecular weight excluding hydrogens is 212 g/mol. The molecule has 1 saturated heterocycles. The van der Waals surface area contributed by atoms with Gasteiger partial charge in [-0.3, -0.25) is 0 Å². The van der Waals surface area contributed by atoms with E-state index in [1.165, 1.54) is 6.92 Å². The predicted octanol–water partition coefficient (Wildman–Crippen LogP) is -0.224. The van der Waals surface area contributed by atoms with E-state index in [-0.39, 0.29) is 6.42 Å². The third-order valence-corrected chi connectivity index (χ3v) is 3.56. The normalized spacial score (nSPS) is 37.5. The quantitative estimate of drug-likeness (QED) is 0.613. The van der Waals surface area contributed by atoms with Crippen molar-refractivity contribution in [3.05, 3.63) is 0 Å². The summed E-state index contributed by atoms with van der Waals surface area (Å²) in [5.74, 6) is -0.747. The first-order chi connectivity index (χ1) is 7.48. The molecule has 2 aliphatic rings. The number of hydrogen-bond donors (Lipinski definition) is 3. The van der Waals surface area contributed by atoms with E-state index in [4.69, 9.17) is 9.47 Å². The van der Waals surface area contributed by atoms with Gasteiger partial charge in [-0.1, -0.05) is 0 Å². The maximum absolute atomic E-state index is 10.4. The van der Waals surface area contributed by atoms with Gasteiger partial charge in [-0.25, -0.2) is 0 Å². The van der Waals surface area contributed by atoms with E-state index in [1.54, 1.807) is 0 Å². The summed E-state index contributed by atoms with van der Waals surface area (Å²) < 4.78 is 11.1. The van der Waals surface area contributed by atoms with E-state index in [0.717, 1.165) is 12.8 Å². The largest absolute Gasteiger partial charge is 0.391 e. The Labute approximate surface area is 95.0 Å². The average molecular weight is 232 g/mol. The molecule has 16 heavy (non-hydrogen) atoms. The van der Waals surface area contributed by atoms with E-state index >= 15 is 0 Å². The molecule has 0 aromatic carbocycles. The van der Waals surface area contributed by atoms with Crippen LogP contribution >= 0.6 is 0 Å². The van der Waals surface area contributed by atoms with Crippen molar-refractivity contribution in [2.24, 2.45) is 0 Å². The van der Waals surface area contributed by atoms with Gasteiger partial charge in [0.15, 0.2) is 5.79 Å². The molecule has 3 atom stereocenters. The number of aliphatic hydroxyl groups is 3. The summed E-state index contributed by atoms with van der Waals surface area (Å²) in [6.45, 7) is 2.53. The Morgan fingerprint density at radius 1 is 1.12 bits per heavy atom. The van der Waals surface area contributed by atoms with Crippen molar-refractivity contribution < 1.29 is 24.8 Å². The highest BCUT2D eigenvalue weighted by Crippen LogP contribution is 2.42. The zero-order valence-electron chi connectivity index (χ0n) is 9.56. The SMILES string of the molecule is CC(O)C(O)C1(O)CCCC2(C1)OCCO2. The van der Waals surface area contributed by atoms with Gasteiger partial charge in [-0.2, -0.15) is 0 Å². The molecule has 1 heterocycles. The highest BCUT2D eigenvalue weighted by Gasteiger charge is 2.51. The van der Waals surface area contributed by atoms with Gasteiger partial charge in [0.25, 0.3) is 0 Å². The monoisotopic (exact) mass is 232 g/mol. The van der Waals surface area contributed by atoms with Crippen LogP contribution in [0.5, 0.6) is 0 Å². The van der Waals surface area contributed by atoms with Gasteiger partial charge in [-0.05, 0) is 19.8 Å². The van der Waals surface area contributed by atoms with Crippen LogP contribution in [0.4, 0.5) is 0 Å². The van der Waals surface area contributed by atoms with Gasteiger partial charge in [-0.15, -0.1) is 0 Å². The molecular formula is C11H20O5. The van der Waals surface area contributed by atoms with Crippen LogP contribution in [0.15, 0.2) is 0 Å². The Morgan fingerprint density at radius 2 is 1.75 bits per heavy atom. The molecule has 3 N–H and O–H groups in total. The third-order valence-electron chi connectivity index (χ3n) is 3.56. The van der Waals surface area contributed by atoms with Crippen molar-refractivity contribution in [1.82, 2.24) is 0 Å². The summed E-state index contributed by atoms with van der Waals surface area (Å²) in [7, 11) is 0. The molecule has 0 bridgehead atoms. The van der Waals surface area contributed by atoms with Crippen LogP contribution in [0, 0.1) is 0 Å². The van der Waals surface area contributed by atoms with Crippen LogP contribution in [0.3, 0.4) is 0 Å². The number of aliphatic hydroxyl groups excluding tert-OH is 2. The summed E-state index contributed by atoms with van der Waals surface area (Å²) in [6, 6.07) is 0. The Hall–Kier alpha value is -0.200. The lowest BCUT2D eigenvalue weighted by molar-refractivity contribution is -0.244. The van der Waals surface area contributed by atoms with Crippen LogP contribution in [-0.2, 0) is 9.47 Å². The fraction of sp³-hybridized carbons (Fsp3) is 1.00. The van der Waals surface area contributed by atoms with Crippen molar-refractivity contribution >= 4 is 0 Å². The maximum atomic E-state index is 10.4. The van der Waals surface area contributed by atoms with E-state index in [0.29, 0.717) is 19.6 Å². The molecule has 3 unspecified atom stereocenters. The van der Waals surface area contributed by atoms with E-state index in [1.807, 2.05) is 0 Å². The van der Waals surface area contributed by atoms with Crippen LogP contribution in [-0.4, -0.2) is 52.1 Å². The van der Waals surface area contributed by atoms with E-state index < -0.39 is 23.6 Å². The van der Waals surface area contributed by atoms with E-state index in [2.05, 4.69) is 0 Å². The molecule has 2 fully saturated rings. The van der Waals surface area contributed by atoms with Gasteiger partial charge in [0.05, 0.1) is 24.9 Å². The lowest BCUT2D eigenvalue weighted by Crippen LogP contribution is -2.56. The summed E-state index contributed by atoms with van der Waals surface area (Å²) in [5, 5.41) is 29.6. The Kier molecular flexibility index (Phi) is 3.25. The summed E-state index contributed by atoms with van der Waals surface area (Å²) in [4.78, 5) is 0. The Morgan fingerprint density at radius 3 is 2.31 bits per heavy atom. The Bertz CT molecular complexity index is 249. The number of rotatable bonds is 2. The lowest BCUT2D eigenvalue weighted by Gasteiger charge is -2.44. The highest BCUT2D eigenvalue weighted by atomic mass is 16.7. The first kappa shape index (κ1) is 12.3. The van der Waals surface area contributed by atoms with E-state index in [9.17, 15) is 15.3 Å². The zero-order chi connectivity index (χ0) is 11.8. The summed E-state index contributed by atoms with van der Waals surface area (Å²) in [5.41, 5.74) is -1.31. The predicted molar refractivity (Wildman–Crippen MR) is 55.7 cm³/mol. The molecule has 0 amide bonds. The molecule has 1 aliphatic heterocycles. The minimum atomic E-state index is -1.31. The van der Waals surface area contributed by atoms with Gasteiger partial charge in [0.1, 0.15) is 6.10 Å². The fourth-order valence-corrected chi connectivity index (χ4v) is 2.75. The van der Waals surface area contributed by atoms with Crippen LogP contribution in [0.2, 0.25) is 0 Å². The van der Waals surface area contributed by atoms with Gasteiger partial charge in [0, 0.05) is 12.8 Å². The summed E-state index contributed by atoms with van der Waals surface area (Å²) in [6.07, 6.45) is 0.0425. The van der Waals surface area contributed by atoms with Gasteiger partial charge >= 0.3 is 0 Å². The molecule has 0 radical (unpaired) electrons. The lowest BCUT2D eigenvalue weighted by atomic mass is 9.76. The molecule has 94 valence electrons. The second-order valence-corrected chi connectivity index (χ2v) is 4.93. The van der Waals surface area contributed by atoms with Gasteiger partial charge in [0.2, 0.25) is 0 Å². The molecule has 1 aliphatic carbocycles. The van der Waals surface area contributed by atoms with Crippen LogP contribution in [0.1, 0.15) is 32.6 Å². The highest BCUT2D eigenvalue weighted by molar-refractivity contribution is 4.98. The first-order valence-electron chi connectivity index (χ1n) is 5.84. The third kappa shape index (κ3) is 2.10.